The van der Waals surface area contributed by atoms with Crippen LogP contribution in [0.3, 0.4) is 0 Å². The van der Waals surface area contributed by atoms with Gasteiger partial charge in [0.05, 0.1) is 18.7 Å². The zero-order valence-electron chi connectivity index (χ0n) is 15.2. The molecule has 1 aliphatic heterocycles. The number of piperazine rings is 1. The van der Waals surface area contributed by atoms with Crippen LogP contribution in [0.4, 0.5) is 9.18 Å². The van der Waals surface area contributed by atoms with E-state index in [1.165, 1.54) is 6.07 Å². The van der Waals surface area contributed by atoms with Crippen LogP contribution in [0.2, 0.25) is 0 Å². The van der Waals surface area contributed by atoms with Crippen molar-refractivity contribution in [2.45, 2.75) is 33.4 Å². The minimum absolute atomic E-state index is 0.0309. The maximum absolute atomic E-state index is 14.0. The van der Waals surface area contributed by atoms with Crippen LogP contribution in [-0.2, 0) is 11.3 Å². The summed E-state index contributed by atoms with van der Waals surface area (Å²) < 4.78 is 24.3. The minimum atomic E-state index is -0.387. The third kappa shape index (κ3) is 4.01. The van der Waals surface area contributed by atoms with Crippen LogP contribution in [0.1, 0.15) is 25.2 Å². The molecule has 26 heavy (non-hydrogen) atoms. The van der Waals surface area contributed by atoms with E-state index in [0.29, 0.717) is 44.2 Å². The molecule has 1 aromatic carbocycles. The van der Waals surface area contributed by atoms with Crippen LogP contribution in [0.15, 0.2) is 22.7 Å². The number of benzene rings is 1. The molecule has 1 aliphatic rings. The average Bonchev–Trinajstić information content (AvgIpc) is 3.05. The summed E-state index contributed by atoms with van der Waals surface area (Å²) in [6, 6.07) is 4.81. The quantitative estimate of drug-likeness (QED) is 0.833. The molecule has 1 atom stereocenters. The van der Waals surface area contributed by atoms with Crippen LogP contribution in [-0.4, -0.2) is 58.3 Å². The van der Waals surface area contributed by atoms with E-state index in [9.17, 15) is 9.18 Å². The van der Waals surface area contributed by atoms with E-state index in [0.717, 1.165) is 5.56 Å². The van der Waals surface area contributed by atoms with Gasteiger partial charge in [-0.05, 0) is 32.9 Å². The first-order chi connectivity index (χ1) is 12.5. The molecule has 3 rings (SSSR count). The molecule has 8 heteroatoms. The van der Waals surface area contributed by atoms with E-state index in [-0.39, 0.29) is 23.8 Å². The summed E-state index contributed by atoms with van der Waals surface area (Å²) >= 11 is 0. The summed E-state index contributed by atoms with van der Waals surface area (Å²) in [5, 5.41) is 3.97. The molecule has 0 aliphatic carbocycles. The van der Waals surface area contributed by atoms with Gasteiger partial charge in [0.15, 0.2) is 5.82 Å². The summed E-state index contributed by atoms with van der Waals surface area (Å²) in [4.78, 5) is 20.1. The summed E-state index contributed by atoms with van der Waals surface area (Å²) in [5.74, 6) is 0.291. The number of aromatic nitrogens is 2. The summed E-state index contributed by atoms with van der Waals surface area (Å²) in [6.07, 6.45) is -0.281. The minimum Gasteiger partial charge on any atom is -0.450 e. The molecule has 0 radical (unpaired) electrons. The SMILES string of the molecule is CCOC(=O)N1CCN(Cc2noc(-c3cc(C)ccc3F)n2)C[C@H]1C. The second-order valence-corrected chi connectivity index (χ2v) is 6.48. The van der Waals surface area contributed by atoms with Gasteiger partial charge >= 0.3 is 6.09 Å². The number of rotatable bonds is 4. The van der Waals surface area contributed by atoms with Gasteiger partial charge in [-0.15, -0.1) is 0 Å². The molecule has 1 fully saturated rings. The Hall–Kier alpha value is -2.48. The fraction of sp³-hybridized carbons (Fsp3) is 0.500. The molecule has 1 aromatic heterocycles. The number of hydrogen-bond acceptors (Lipinski definition) is 6. The number of aryl methyl sites for hydroxylation is 1. The van der Waals surface area contributed by atoms with Crippen molar-refractivity contribution in [3.63, 3.8) is 0 Å². The zero-order valence-corrected chi connectivity index (χ0v) is 15.2. The van der Waals surface area contributed by atoms with Crippen molar-refractivity contribution in [1.29, 1.82) is 0 Å². The van der Waals surface area contributed by atoms with Gasteiger partial charge in [-0.1, -0.05) is 16.8 Å². The Morgan fingerprint density at radius 1 is 1.42 bits per heavy atom. The molecular formula is C18H23FN4O3. The van der Waals surface area contributed by atoms with Crippen molar-refractivity contribution < 1.29 is 18.4 Å². The Bertz CT molecular complexity index is 780. The molecule has 140 valence electrons. The molecule has 1 saturated heterocycles. The molecule has 0 spiro atoms. The van der Waals surface area contributed by atoms with Gasteiger partial charge in [0.25, 0.3) is 5.89 Å². The van der Waals surface area contributed by atoms with Crippen LogP contribution in [0.25, 0.3) is 11.5 Å². The highest BCUT2D eigenvalue weighted by molar-refractivity contribution is 5.68. The number of nitrogens with zero attached hydrogens (tertiary/aromatic N) is 4. The number of carbonyl (C=O) groups excluding carboxylic acids is 1. The fourth-order valence-electron chi connectivity index (χ4n) is 3.08. The van der Waals surface area contributed by atoms with E-state index >= 15 is 0 Å². The van der Waals surface area contributed by atoms with Crippen molar-refractivity contribution in [3.8, 4) is 11.5 Å². The standard InChI is InChI=1S/C18H23FN4O3/c1-4-25-18(24)23-8-7-22(10-13(23)3)11-16-20-17(26-21-16)14-9-12(2)5-6-15(14)19/h5-6,9,13H,4,7-8,10-11H2,1-3H3/t13-/m1/s1. The monoisotopic (exact) mass is 362 g/mol. The van der Waals surface area contributed by atoms with E-state index in [1.807, 2.05) is 13.8 Å². The van der Waals surface area contributed by atoms with Crippen molar-refractivity contribution in [3.05, 3.63) is 35.4 Å². The lowest BCUT2D eigenvalue weighted by molar-refractivity contribution is 0.0510. The maximum Gasteiger partial charge on any atom is 0.410 e. The van der Waals surface area contributed by atoms with Crippen LogP contribution >= 0.6 is 0 Å². The predicted molar refractivity (Wildman–Crippen MR) is 92.9 cm³/mol. The number of amides is 1. The van der Waals surface area contributed by atoms with Crippen molar-refractivity contribution in [1.82, 2.24) is 19.9 Å². The predicted octanol–water partition coefficient (Wildman–Crippen LogP) is 2.85. The Labute approximate surface area is 151 Å². The molecule has 0 saturated carbocycles. The Kier molecular flexibility index (Phi) is 5.51. The average molecular weight is 362 g/mol. The van der Waals surface area contributed by atoms with Crippen molar-refractivity contribution in [2.75, 3.05) is 26.2 Å². The molecule has 0 N–H and O–H groups in total. The Morgan fingerprint density at radius 3 is 2.96 bits per heavy atom. The van der Waals surface area contributed by atoms with Gasteiger partial charge in [-0.25, -0.2) is 9.18 Å². The highest BCUT2D eigenvalue weighted by Gasteiger charge is 2.29. The highest BCUT2D eigenvalue weighted by Crippen LogP contribution is 2.23. The third-order valence-electron chi connectivity index (χ3n) is 4.40. The molecule has 1 amide bonds. The normalized spacial score (nSPS) is 18.2. The number of ether oxygens (including phenoxy) is 1. The van der Waals surface area contributed by atoms with E-state index in [1.54, 1.807) is 24.0 Å². The number of carbonyl (C=O) groups is 1. The van der Waals surface area contributed by atoms with E-state index in [4.69, 9.17) is 9.26 Å². The van der Waals surface area contributed by atoms with Gasteiger partial charge < -0.3 is 14.2 Å². The van der Waals surface area contributed by atoms with Gasteiger partial charge in [0.2, 0.25) is 0 Å². The third-order valence-corrected chi connectivity index (χ3v) is 4.40. The lowest BCUT2D eigenvalue weighted by atomic mass is 10.1. The first kappa shape index (κ1) is 18.3. The van der Waals surface area contributed by atoms with Gasteiger partial charge in [0.1, 0.15) is 5.82 Å². The number of hydrogen-bond donors (Lipinski definition) is 0. The van der Waals surface area contributed by atoms with Crippen LogP contribution in [0, 0.1) is 12.7 Å². The second-order valence-electron chi connectivity index (χ2n) is 6.48. The first-order valence-electron chi connectivity index (χ1n) is 8.72. The molecular weight excluding hydrogens is 339 g/mol. The summed E-state index contributed by atoms with van der Waals surface area (Å²) in [6.45, 7) is 8.45. The highest BCUT2D eigenvalue weighted by atomic mass is 19.1. The molecule has 2 heterocycles. The largest absolute Gasteiger partial charge is 0.450 e. The summed E-state index contributed by atoms with van der Waals surface area (Å²) in [7, 11) is 0. The Balaban J connectivity index is 1.63. The summed E-state index contributed by atoms with van der Waals surface area (Å²) in [5.41, 5.74) is 1.23. The zero-order chi connectivity index (χ0) is 18.7. The fourth-order valence-corrected chi connectivity index (χ4v) is 3.08. The lowest BCUT2D eigenvalue weighted by Crippen LogP contribution is -2.53. The lowest BCUT2D eigenvalue weighted by Gasteiger charge is -2.38. The van der Waals surface area contributed by atoms with E-state index in [2.05, 4.69) is 15.0 Å². The van der Waals surface area contributed by atoms with Crippen molar-refractivity contribution in [2.24, 2.45) is 0 Å². The van der Waals surface area contributed by atoms with E-state index < -0.39 is 0 Å². The smallest absolute Gasteiger partial charge is 0.410 e. The molecule has 0 bridgehead atoms. The molecule has 2 aromatic rings. The van der Waals surface area contributed by atoms with Crippen LogP contribution < -0.4 is 0 Å². The van der Waals surface area contributed by atoms with Gasteiger partial charge in [-0.2, -0.15) is 4.98 Å². The van der Waals surface area contributed by atoms with Gasteiger partial charge in [0, 0.05) is 25.7 Å². The molecule has 7 nitrogen and oxygen atoms in total. The van der Waals surface area contributed by atoms with Crippen LogP contribution in [0.5, 0.6) is 0 Å². The Morgan fingerprint density at radius 2 is 2.23 bits per heavy atom. The van der Waals surface area contributed by atoms with Crippen molar-refractivity contribution >= 4 is 6.09 Å². The second kappa shape index (κ2) is 7.82. The first-order valence-corrected chi connectivity index (χ1v) is 8.72. The van der Waals surface area contributed by atoms with Gasteiger partial charge in [-0.3, -0.25) is 4.90 Å². The topological polar surface area (TPSA) is 71.7 Å². The molecule has 0 unspecified atom stereocenters. The number of halogens is 1. The maximum atomic E-state index is 14.0.